The predicted molar refractivity (Wildman–Crippen MR) is 72.4 cm³/mol. The van der Waals surface area contributed by atoms with Crippen molar-refractivity contribution in [3.63, 3.8) is 0 Å². The molecular weight excluding hydrogens is 293 g/mol. The summed E-state index contributed by atoms with van der Waals surface area (Å²) < 4.78 is 18.3. The number of phenols is 2. The van der Waals surface area contributed by atoms with Gasteiger partial charge in [-0.1, -0.05) is 0 Å². The Balaban J connectivity index is 2.10. The van der Waals surface area contributed by atoms with Gasteiger partial charge in [-0.05, 0) is 12.1 Å². The minimum absolute atomic E-state index is 0.104. The van der Waals surface area contributed by atoms with Crippen LogP contribution in [0.5, 0.6) is 11.5 Å². The van der Waals surface area contributed by atoms with E-state index in [1.165, 1.54) is 24.1 Å². The average Bonchev–Trinajstić information content (AvgIpc) is 2.89. The molecule has 114 valence electrons. The van der Waals surface area contributed by atoms with Crippen LogP contribution in [0, 0.1) is 6.08 Å². The quantitative estimate of drug-likeness (QED) is 0.780. The molecule has 2 heterocycles. The molecular formula is C14H12FN3O4. The highest BCUT2D eigenvalue weighted by Gasteiger charge is 2.30. The van der Waals surface area contributed by atoms with E-state index >= 15 is 0 Å². The first-order valence-corrected chi connectivity index (χ1v) is 6.40. The zero-order valence-corrected chi connectivity index (χ0v) is 11.6. The van der Waals surface area contributed by atoms with Crippen LogP contribution in [0.1, 0.15) is 11.3 Å². The van der Waals surface area contributed by atoms with E-state index in [1.54, 1.807) is 0 Å². The summed E-state index contributed by atoms with van der Waals surface area (Å²) in [5.41, 5.74) is 1.33. The van der Waals surface area contributed by atoms with Gasteiger partial charge in [-0.15, -0.1) is 0 Å². The number of ether oxygens (including phenoxy) is 1. The molecule has 1 aromatic heterocycles. The molecule has 0 radical (unpaired) electrons. The zero-order chi connectivity index (χ0) is 15.9. The fourth-order valence-corrected chi connectivity index (χ4v) is 2.43. The lowest BCUT2D eigenvalue weighted by molar-refractivity contribution is 0.123. The molecule has 1 aliphatic rings. The maximum atomic E-state index is 13.6. The number of aromatic nitrogens is 2. The van der Waals surface area contributed by atoms with Crippen molar-refractivity contribution < 1.29 is 24.1 Å². The van der Waals surface area contributed by atoms with Gasteiger partial charge < -0.3 is 14.9 Å². The van der Waals surface area contributed by atoms with Gasteiger partial charge in [0.25, 0.3) is 0 Å². The summed E-state index contributed by atoms with van der Waals surface area (Å²) in [6.45, 7) is 0.255. The third-order valence-electron chi connectivity index (χ3n) is 3.42. The number of nitrogens with zero attached hydrogens (tertiary/aromatic N) is 3. The number of carbonyl (C=O) groups excluding carboxylic acids is 1. The molecule has 1 aliphatic heterocycles. The van der Waals surface area contributed by atoms with Crippen LogP contribution >= 0.6 is 0 Å². The number of halogens is 1. The molecule has 0 spiro atoms. The molecule has 0 saturated heterocycles. The van der Waals surface area contributed by atoms with Gasteiger partial charge in [0.2, 0.25) is 0 Å². The van der Waals surface area contributed by atoms with Crippen LogP contribution in [0.2, 0.25) is 0 Å². The summed E-state index contributed by atoms with van der Waals surface area (Å²) in [5, 5.41) is 19.3. The highest BCUT2D eigenvalue weighted by atomic mass is 19.1. The standard InChI is InChI=1S/C14H12FN3O4/c1-22-14(21)18-5-9-10(6-18)16-13(15)17-12(9)8-3-2-7(19)4-11(8)20/h2-4,19-20H,5-6H2,1H3. The smallest absolute Gasteiger partial charge is 0.410 e. The van der Waals surface area contributed by atoms with Crippen molar-refractivity contribution in [2.75, 3.05) is 7.11 Å². The van der Waals surface area contributed by atoms with Crippen LogP contribution < -0.4 is 0 Å². The number of carbonyl (C=O) groups is 1. The number of methoxy groups -OCH3 is 1. The van der Waals surface area contributed by atoms with Crippen LogP contribution in [0.3, 0.4) is 0 Å². The summed E-state index contributed by atoms with van der Waals surface area (Å²) in [5.74, 6) is -0.361. The van der Waals surface area contributed by atoms with Gasteiger partial charge in [0.15, 0.2) is 0 Å². The highest BCUT2D eigenvalue weighted by molar-refractivity contribution is 5.74. The van der Waals surface area contributed by atoms with E-state index in [2.05, 4.69) is 14.7 Å². The number of hydrogen-bond acceptors (Lipinski definition) is 6. The van der Waals surface area contributed by atoms with Crippen molar-refractivity contribution in [3.05, 3.63) is 35.5 Å². The van der Waals surface area contributed by atoms with Crippen LogP contribution in [0.25, 0.3) is 11.3 Å². The van der Waals surface area contributed by atoms with E-state index in [0.29, 0.717) is 11.3 Å². The second-order valence-electron chi connectivity index (χ2n) is 4.79. The number of benzene rings is 1. The first kappa shape index (κ1) is 14.1. The fraction of sp³-hybridized carbons (Fsp3) is 0.214. The molecule has 7 nitrogen and oxygen atoms in total. The minimum Gasteiger partial charge on any atom is -0.508 e. The lowest BCUT2D eigenvalue weighted by Gasteiger charge is -2.12. The van der Waals surface area contributed by atoms with Crippen molar-refractivity contribution in [1.82, 2.24) is 14.9 Å². The molecule has 2 N–H and O–H groups in total. The predicted octanol–water partition coefficient (Wildman–Crippen LogP) is 1.78. The Morgan fingerprint density at radius 3 is 2.77 bits per heavy atom. The second-order valence-corrected chi connectivity index (χ2v) is 4.79. The average molecular weight is 305 g/mol. The number of hydrogen-bond donors (Lipinski definition) is 2. The monoisotopic (exact) mass is 305 g/mol. The maximum Gasteiger partial charge on any atom is 0.410 e. The maximum absolute atomic E-state index is 13.6. The molecule has 0 saturated carbocycles. The summed E-state index contributed by atoms with van der Waals surface area (Å²) in [7, 11) is 1.25. The first-order chi connectivity index (χ1) is 10.5. The lowest BCUT2D eigenvalue weighted by Crippen LogP contribution is -2.24. The molecule has 0 atom stereocenters. The SMILES string of the molecule is COC(=O)N1Cc2nc(F)nc(-c3ccc(O)cc3O)c2C1. The van der Waals surface area contributed by atoms with E-state index in [0.717, 1.165) is 6.07 Å². The Hall–Kier alpha value is -2.90. The number of aromatic hydroxyl groups is 2. The molecule has 1 amide bonds. The largest absolute Gasteiger partial charge is 0.508 e. The van der Waals surface area contributed by atoms with Crippen molar-refractivity contribution in [1.29, 1.82) is 0 Å². The summed E-state index contributed by atoms with van der Waals surface area (Å²) in [4.78, 5) is 20.4. The summed E-state index contributed by atoms with van der Waals surface area (Å²) >= 11 is 0. The van der Waals surface area contributed by atoms with Crippen molar-refractivity contribution in [2.45, 2.75) is 13.1 Å². The number of amides is 1. The third kappa shape index (κ3) is 2.28. The van der Waals surface area contributed by atoms with Crippen LogP contribution in [-0.2, 0) is 17.8 Å². The van der Waals surface area contributed by atoms with E-state index < -0.39 is 12.2 Å². The Bertz CT molecular complexity index is 766. The van der Waals surface area contributed by atoms with Gasteiger partial charge in [0.05, 0.1) is 31.6 Å². The van der Waals surface area contributed by atoms with Crippen LogP contribution in [-0.4, -0.2) is 38.3 Å². The van der Waals surface area contributed by atoms with Crippen molar-refractivity contribution >= 4 is 6.09 Å². The van der Waals surface area contributed by atoms with Crippen molar-refractivity contribution in [2.24, 2.45) is 0 Å². The van der Waals surface area contributed by atoms with Crippen LogP contribution in [0.4, 0.5) is 9.18 Å². The van der Waals surface area contributed by atoms with Gasteiger partial charge in [0, 0.05) is 17.2 Å². The highest BCUT2D eigenvalue weighted by Crippen LogP contribution is 2.36. The Morgan fingerprint density at radius 1 is 1.32 bits per heavy atom. The van der Waals surface area contributed by atoms with E-state index in [4.69, 9.17) is 0 Å². The second kappa shape index (κ2) is 5.14. The van der Waals surface area contributed by atoms with Gasteiger partial charge >= 0.3 is 12.2 Å². The molecule has 1 aromatic carbocycles. The van der Waals surface area contributed by atoms with Gasteiger partial charge in [-0.25, -0.2) is 14.8 Å². The lowest BCUT2D eigenvalue weighted by atomic mass is 10.0. The molecule has 2 aromatic rings. The van der Waals surface area contributed by atoms with Gasteiger partial charge in [-0.3, -0.25) is 4.90 Å². The normalized spacial score (nSPS) is 13.1. The van der Waals surface area contributed by atoms with E-state index in [9.17, 15) is 19.4 Å². The Labute approximate surface area is 124 Å². The van der Waals surface area contributed by atoms with Gasteiger partial charge in [-0.2, -0.15) is 4.39 Å². The van der Waals surface area contributed by atoms with E-state index in [1.807, 2.05) is 0 Å². The minimum atomic E-state index is -0.951. The first-order valence-electron chi connectivity index (χ1n) is 6.40. The molecule has 0 aliphatic carbocycles. The molecule has 0 unspecified atom stereocenters. The third-order valence-corrected chi connectivity index (χ3v) is 3.42. The van der Waals surface area contributed by atoms with E-state index in [-0.39, 0.29) is 35.8 Å². The van der Waals surface area contributed by atoms with Crippen LogP contribution in [0.15, 0.2) is 18.2 Å². The molecule has 0 fully saturated rings. The Morgan fingerprint density at radius 2 is 2.09 bits per heavy atom. The molecule has 0 bridgehead atoms. The number of rotatable bonds is 1. The molecule has 3 rings (SSSR count). The number of fused-ring (bicyclic) bond motifs is 1. The fourth-order valence-electron chi connectivity index (χ4n) is 2.43. The number of phenolic OH excluding ortho intramolecular Hbond substituents is 2. The molecule has 8 heteroatoms. The summed E-state index contributed by atoms with van der Waals surface area (Å²) in [6.07, 6.45) is -1.51. The molecule has 22 heavy (non-hydrogen) atoms. The van der Waals surface area contributed by atoms with Crippen molar-refractivity contribution in [3.8, 4) is 22.8 Å². The van der Waals surface area contributed by atoms with Gasteiger partial charge in [0.1, 0.15) is 11.5 Å². The zero-order valence-electron chi connectivity index (χ0n) is 11.6. The Kier molecular flexibility index (Phi) is 3.28. The summed E-state index contributed by atoms with van der Waals surface area (Å²) in [6, 6.07) is 3.91. The topological polar surface area (TPSA) is 95.8 Å².